The number of nitrogens with two attached hydrogens (primary N) is 1. The van der Waals surface area contributed by atoms with Crippen LogP contribution in [0.15, 0.2) is 59.4 Å². The van der Waals surface area contributed by atoms with E-state index in [2.05, 4.69) is 26.6 Å². The summed E-state index contributed by atoms with van der Waals surface area (Å²) in [6.45, 7) is 6.98. The molecule has 0 radical (unpaired) electrons. The molecule has 0 saturated carbocycles. The highest BCUT2D eigenvalue weighted by molar-refractivity contribution is 6.15. The number of pyridine rings is 2. The van der Waals surface area contributed by atoms with Crippen LogP contribution in [-0.2, 0) is 93.8 Å². The van der Waals surface area contributed by atoms with Crippen molar-refractivity contribution in [1.82, 2.24) is 45.9 Å². The van der Waals surface area contributed by atoms with Gasteiger partial charge in [0.2, 0.25) is 41.4 Å². The summed E-state index contributed by atoms with van der Waals surface area (Å²) in [5, 5.41) is 24.8. The molecule has 85 heavy (non-hydrogen) atoms. The quantitative estimate of drug-likeness (QED) is 0.0348. The van der Waals surface area contributed by atoms with Crippen molar-refractivity contribution < 1.29 is 71.7 Å². The highest BCUT2D eigenvalue weighted by Gasteiger charge is 2.46. The third-order valence-electron chi connectivity index (χ3n) is 15.2. The number of aryl methyl sites for hydroxylation is 1. The number of rotatable bonds is 23. The topological polar surface area (TPSA) is 354 Å². The summed E-state index contributed by atoms with van der Waals surface area (Å²) in [5.41, 5.74) is 6.28. The van der Waals surface area contributed by atoms with Crippen molar-refractivity contribution >= 4 is 76.0 Å². The van der Waals surface area contributed by atoms with Gasteiger partial charge in [0, 0.05) is 60.5 Å². The first-order valence-electron chi connectivity index (χ1n) is 27.8. The number of halogens is 1. The monoisotopic (exact) mass is 1170 g/mol. The number of ether oxygens (including phenoxy) is 2. The summed E-state index contributed by atoms with van der Waals surface area (Å²) in [5.74, 6) is -9.24. The van der Waals surface area contributed by atoms with Crippen LogP contribution in [0.1, 0.15) is 118 Å². The summed E-state index contributed by atoms with van der Waals surface area (Å²) in [6.07, 6.45) is 1.66. The van der Waals surface area contributed by atoms with Crippen LogP contribution >= 0.6 is 0 Å². The Bertz CT molecular complexity index is 3520. The molecule has 5 atom stereocenters. The maximum absolute atomic E-state index is 15.5. The molecule has 8 rings (SSSR count). The van der Waals surface area contributed by atoms with E-state index in [0.29, 0.717) is 62.3 Å². The standard InChI is InChI=1S/C59H67FN10O15/c1-7-59(83)36-23-42-52-34(27-69(42)55(80)35(36)29-84-57(59)82)51-38(16-15-33-30(2)37(60)24-39(67-52)50(33)51)65-44(72)14-11-21-68(28-43(61)71)56(81)40(22-32-12-9-8-10-13-32)66-46(74)26-62-45(73)25-63-53(78)31(3)64-54(79)41(70-47(75)18-19-48(70)76)17-20-49(77)85-58(4,5)6/h8-10,12-13,18-19,23-24,31,38,40-41,83H,7,11,14-17,20-22,25-29H2,1-6H3,(H2,61,71)(H,62,73)(H,63,78)(H,64,79)(H,65,72)(H,66,74)/t31-,38-,40-,41-,59-/m0/s1. The molecule has 0 spiro atoms. The smallest absolute Gasteiger partial charge is 0.343 e. The maximum Gasteiger partial charge on any atom is 0.343 e. The van der Waals surface area contributed by atoms with Crippen LogP contribution in [0, 0.1) is 12.7 Å². The molecule has 0 unspecified atom stereocenters. The van der Waals surface area contributed by atoms with Gasteiger partial charge in [-0.3, -0.25) is 57.6 Å². The van der Waals surface area contributed by atoms with Gasteiger partial charge in [0.1, 0.15) is 36.2 Å². The number of aliphatic hydroxyl groups is 1. The zero-order chi connectivity index (χ0) is 61.8. The molecule has 4 aromatic rings. The van der Waals surface area contributed by atoms with Gasteiger partial charge in [0.25, 0.3) is 17.4 Å². The average molecular weight is 1180 g/mol. The minimum atomic E-state index is -2.08. The lowest BCUT2D eigenvalue weighted by Crippen LogP contribution is -2.55. The van der Waals surface area contributed by atoms with Gasteiger partial charge in [-0.25, -0.2) is 14.2 Å². The van der Waals surface area contributed by atoms with Crippen molar-refractivity contribution in [2.24, 2.45) is 5.73 Å². The van der Waals surface area contributed by atoms with E-state index in [1.54, 1.807) is 71.0 Å². The van der Waals surface area contributed by atoms with E-state index in [4.69, 9.17) is 20.2 Å². The Morgan fingerprint density at radius 2 is 1.61 bits per heavy atom. The molecule has 2 aromatic carbocycles. The second kappa shape index (κ2) is 25.3. The van der Waals surface area contributed by atoms with E-state index in [-0.39, 0.29) is 74.9 Å². The number of carbonyl (C=O) groups is 11. The van der Waals surface area contributed by atoms with E-state index in [9.17, 15) is 62.6 Å². The van der Waals surface area contributed by atoms with Gasteiger partial charge in [-0.15, -0.1) is 0 Å². The zero-order valence-electron chi connectivity index (χ0n) is 47.8. The highest BCUT2D eigenvalue weighted by atomic mass is 19.1. The SMILES string of the molecule is CC[C@@]1(O)C(=O)OCc2c1cc1n(c2=O)Cc2c-1nc1cc(F)c(C)c3c1c2[C@@H](NC(=O)CCCN(CC(N)=O)C(=O)[C@H](Cc1ccccc1)NC(=O)CNC(=O)CNC(=O)[C@H](C)NC(=O)[C@H](CCC(=O)OC(C)(C)C)N1C(=O)C=CC1=O)CC3. The zero-order valence-corrected chi connectivity index (χ0v) is 47.8. The Morgan fingerprint density at radius 3 is 2.28 bits per heavy atom. The first kappa shape index (κ1) is 61.9. The van der Waals surface area contributed by atoms with Crippen LogP contribution in [0.25, 0.3) is 22.3 Å². The largest absolute Gasteiger partial charge is 0.460 e. The molecule has 9 amide bonds. The van der Waals surface area contributed by atoms with Crippen LogP contribution in [0.4, 0.5) is 4.39 Å². The molecular formula is C59H67FN10O15. The fraction of sp³-hybridized carbons (Fsp3) is 0.441. The number of amides is 9. The lowest BCUT2D eigenvalue weighted by Gasteiger charge is -2.31. The molecular weight excluding hydrogens is 1110 g/mol. The normalized spacial score (nSPS) is 17.6. The van der Waals surface area contributed by atoms with Crippen LogP contribution < -0.4 is 37.9 Å². The van der Waals surface area contributed by atoms with Crippen molar-refractivity contribution in [3.05, 3.63) is 110 Å². The number of nitrogens with one attached hydrogen (secondary N) is 5. The molecule has 5 heterocycles. The van der Waals surface area contributed by atoms with Gasteiger partial charge in [-0.05, 0) is 95.0 Å². The molecule has 25 nitrogen and oxygen atoms in total. The maximum atomic E-state index is 15.5. The molecule has 1 aliphatic carbocycles. The van der Waals surface area contributed by atoms with Crippen molar-refractivity contribution in [2.75, 3.05) is 26.2 Å². The summed E-state index contributed by atoms with van der Waals surface area (Å²) in [7, 11) is 0. The Balaban J connectivity index is 0.893. The van der Waals surface area contributed by atoms with Gasteiger partial charge in [0.05, 0.1) is 54.7 Å². The molecule has 0 saturated heterocycles. The van der Waals surface area contributed by atoms with Crippen molar-refractivity contribution in [3.8, 4) is 11.4 Å². The van der Waals surface area contributed by atoms with Crippen LogP contribution in [0.3, 0.4) is 0 Å². The molecule has 26 heteroatoms. The van der Waals surface area contributed by atoms with E-state index in [0.717, 1.165) is 17.1 Å². The van der Waals surface area contributed by atoms with Gasteiger partial charge in [0.15, 0.2) is 5.60 Å². The number of esters is 2. The van der Waals surface area contributed by atoms with Gasteiger partial charge in [-0.1, -0.05) is 37.3 Å². The van der Waals surface area contributed by atoms with Gasteiger partial charge < -0.3 is 56.4 Å². The van der Waals surface area contributed by atoms with Crippen molar-refractivity contribution in [1.29, 1.82) is 0 Å². The molecule has 450 valence electrons. The number of hydrogen-bond acceptors (Lipinski definition) is 16. The minimum absolute atomic E-state index is 0.00982. The first-order chi connectivity index (χ1) is 40.2. The van der Waals surface area contributed by atoms with E-state index in [1.165, 1.54) is 17.6 Å². The Hall–Kier alpha value is -9.20. The third-order valence-corrected chi connectivity index (χ3v) is 15.2. The lowest BCUT2D eigenvalue weighted by molar-refractivity contribution is -0.172. The number of imide groups is 1. The summed E-state index contributed by atoms with van der Waals surface area (Å²) in [4.78, 5) is 165. The number of hydrogen-bond donors (Lipinski definition) is 7. The molecule has 2 aromatic heterocycles. The minimum Gasteiger partial charge on any atom is -0.460 e. The van der Waals surface area contributed by atoms with Crippen LogP contribution in [0.5, 0.6) is 0 Å². The number of cyclic esters (lactones) is 1. The Morgan fingerprint density at radius 1 is 0.918 bits per heavy atom. The highest BCUT2D eigenvalue weighted by Crippen LogP contribution is 2.46. The van der Waals surface area contributed by atoms with Crippen molar-refractivity contribution in [2.45, 2.75) is 141 Å². The number of fused-ring (bicyclic) bond motifs is 5. The predicted octanol–water partition coefficient (Wildman–Crippen LogP) is 0.605. The first-order valence-corrected chi connectivity index (χ1v) is 27.8. The number of primary amides is 1. The Kier molecular flexibility index (Phi) is 18.4. The molecule has 0 bridgehead atoms. The molecule has 4 aliphatic rings. The van der Waals surface area contributed by atoms with Crippen molar-refractivity contribution in [3.63, 3.8) is 0 Å². The fourth-order valence-electron chi connectivity index (χ4n) is 11.0. The second-order valence-corrected chi connectivity index (χ2v) is 22.4. The summed E-state index contributed by atoms with van der Waals surface area (Å²) >= 11 is 0. The number of carbonyl (C=O) groups excluding carboxylic acids is 11. The van der Waals surface area contributed by atoms with Gasteiger partial charge in [-0.2, -0.15) is 0 Å². The molecule has 8 N–H and O–H groups in total. The number of benzene rings is 2. The molecule has 3 aliphatic heterocycles. The third kappa shape index (κ3) is 13.6. The lowest BCUT2D eigenvalue weighted by atomic mass is 9.81. The van der Waals surface area contributed by atoms with E-state index < -0.39 is 131 Å². The fourth-order valence-corrected chi connectivity index (χ4v) is 11.0. The summed E-state index contributed by atoms with van der Waals surface area (Å²) < 4.78 is 27.5. The summed E-state index contributed by atoms with van der Waals surface area (Å²) in [6, 6.07) is 6.63. The Labute approximate surface area is 486 Å². The predicted molar refractivity (Wildman–Crippen MR) is 299 cm³/mol. The van der Waals surface area contributed by atoms with Gasteiger partial charge >= 0.3 is 11.9 Å². The molecule has 0 fully saturated rings. The number of nitrogens with zero attached hydrogens (tertiary/aromatic N) is 4. The van der Waals surface area contributed by atoms with E-state index in [1.807, 2.05) is 0 Å². The second-order valence-electron chi connectivity index (χ2n) is 22.4. The van der Waals surface area contributed by atoms with E-state index >= 15 is 4.39 Å². The number of aromatic nitrogens is 2. The average Bonchev–Trinajstić information content (AvgIpc) is 1.77. The van der Waals surface area contributed by atoms with Crippen LogP contribution in [-0.4, -0.2) is 139 Å². The van der Waals surface area contributed by atoms with Crippen LogP contribution in [0.2, 0.25) is 0 Å².